The van der Waals surface area contributed by atoms with E-state index >= 15 is 0 Å². The van der Waals surface area contributed by atoms with Crippen LogP contribution in [0.5, 0.6) is 5.75 Å². The summed E-state index contributed by atoms with van der Waals surface area (Å²) in [5.41, 5.74) is -0.351. The van der Waals surface area contributed by atoms with Gasteiger partial charge < -0.3 is 5.11 Å². The molecule has 0 unspecified atom stereocenters. The fourth-order valence-corrected chi connectivity index (χ4v) is 2.47. The number of halogens is 3. The lowest BCUT2D eigenvalue weighted by Gasteiger charge is -2.03. The zero-order valence-electron chi connectivity index (χ0n) is 6.80. The van der Waals surface area contributed by atoms with Gasteiger partial charge in [0.1, 0.15) is 5.75 Å². The molecule has 0 aliphatic carbocycles. The first-order valence-electron chi connectivity index (χ1n) is 3.78. The first-order chi connectivity index (χ1) is 6.61. The Kier molecular flexibility index (Phi) is 2.33. The van der Waals surface area contributed by atoms with E-state index in [1.165, 1.54) is 12.1 Å². The second-order valence-corrected chi connectivity index (χ2v) is 4.05. The Morgan fingerprint density at radius 3 is 2.71 bits per heavy atom. The third-order valence-electron chi connectivity index (χ3n) is 1.94. The van der Waals surface area contributed by atoms with Crippen molar-refractivity contribution in [2.45, 2.75) is 6.43 Å². The van der Waals surface area contributed by atoms with Crippen molar-refractivity contribution in [3.8, 4) is 5.75 Å². The maximum Gasteiger partial charge on any atom is 0.267 e. The molecule has 1 aromatic carbocycles. The van der Waals surface area contributed by atoms with E-state index in [4.69, 9.17) is 11.6 Å². The topological polar surface area (TPSA) is 20.2 Å². The molecule has 0 fully saturated rings. The molecule has 0 aliphatic rings. The molecule has 2 rings (SSSR count). The van der Waals surface area contributed by atoms with Crippen molar-refractivity contribution in [1.82, 2.24) is 0 Å². The van der Waals surface area contributed by atoms with Gasteiger partial charge in [0.25, 0.3) is 6.43 Å². The molecule has 0 radical (unpaired) electrons. The van der Waals surface area contributed by atoms with Crippen molar-refractivity contribution in [3.05, 3.63) is 28.1 Å². The standard InChI is InChI=1S/C9H5ClF2OS/c10-6-3-14-8-4(6)1-2-5(7(8)13)9(11)12/h1-3,9,13H. The summed E-state index contributed by atoms with van der Waals surface area (Å²) in [6.45, 7) is 0. The van der Waals surface area contributed by atoms with Crippen LogP contribution in [0.25, 0.3) is 10.1 Å². The van der Waals surface area contributed by atoms with Gasteiger partial charge in [0, 0.05) is 10.8 Å². The summed E-state index contributed by atoms with van der Waals surface area (Å²) in [5.74, 6) is -0.366. The van der Waals surface area contributed by atoms with Crippen LogP contribution in [0.4, 0.5) is 8.78 Å². The van der Waals surface area contributed by atoms with Gasteiger partial charge in [0.2, 0.25) is 0 Å². The van der Waals surface area contributed by atoms with E-state index in [0.29, 0.717) is 15.1 Å². The molecule has 0 saturated carbocycles. The fourth-order valence-electron chi connectivity index (χ4n) is 1.24. The number of hydrogen-bond donors (Lipinski definition) is 1. The highest BCUT2D eigenvalue weighted by Gasteiger charge is 2.16. The first kappa shape index (κ1) is 9.68. The number of thiophene rings is 1. The summed E-state index contributed by atoms with van der Waals surface area (Å²) >= 11 is 6.95. The predicted molar refractivity (Wildman–Crippen MR) is 53.5 cm³/mol. The lowest BCUT2D eigenvalue weighted by Crippen LogP contribution is -1.84. The molecule has 1 N–H and O–H groups in total. The van der Waals surface area contributed by atoms with E-state index in [2.05, 4.69) is 0 Å². The molecule has 5 heteroatoms. The molecular formula is C9H5ClF2OS. The molecule has 14 heavy (non-hydrogen) atoms. The molecular weight excluding hydrogens is 230 g/mol. The van der Waals surface area contributed by atoms with Crippen LogP contribution in [-0.4, -0.2) is 5.11 Å². The number of alkyl halides is 2. The Bertz CT molecular complexity index is 481. The highest BCUT2D eigenvalue weighted by Crippen LogP contribution is 2.40. The van der Waals surface area contributed by atoms with E-state index in [9.17, 15) is 13.9 Å². The molecule has 0 bridgehead atoms. The van der Waals surface area contributed by atoms with Crippen LogP contribution in [0.2, 0.25) is 5.02 Å². The van der Waals surface area contributed by atoms with Gasteiger partial charge in [-0.3, -0.25) is 0 Å². The quantitative estimate of drug-likeness (QED) is 0.784. The third kappa shape index (κ3) is 1.35. The van der Waals surface area contributed by atoms with Crippen LogP contribution < -0.4 is 0 Å². The minimum Gasteiger partial charge on any atom is -0.506 e. The van der Waals surface area contributed by atoms with Crippen molar-refractivity contribution in [3.63, 3.8) is 0 Å². The van der Waals surface area contributed by atoms with Crippen LogP contribution in [-0.2, 0) is 0 Å². The van der Waals surface area contributed by atoms with Gasteiger partial charge >= 0.3 is 0 Å². The molecule has 0 amide bonds. The van der Waals surface area contributed by atoms with Gasteiger partial charge in [-0.25, -0.2) is 8.78 Å². The van der Waals surface area contributed by atoms with Crippen molar-refractivity contribution >= 4 is 33.0 Å². The Hall–Kier alpha value is -0.870. The molecule has 0 spiro atoms. The number of fused-ring (bicyclic) bond motifs is 1. The van der Waals surface area contributed by atoms with Gasteiger partial charge in [0.05, 0.1) is 15.3 Å². The third-order valence-corrected chi connectivity index (χ3v) is 3.38. The molecule has 0 aliphatic heterocycles. The van der Waals surface area contributed by atoms with E-state index in [-0.39, 0.29) is 11.3 Å². The first-order valence-corrected chi connectivity index (χ1v) is 5.03. The second kappa shape index (κ2) is 3.37. The average molecular weight is 235 g/mol. The molecule has 0 atom stereocenters. The van der Waals surface area contributed by atoms with Crippen molar-refractivity contribution in [1.29, 1.82) is 0 Å². The summed E-state index contributed by atoms with van der Waals surface area (Å²) in [4.78, 5) is 0. The molecule has 1 nitrogen and oxygen atoms in total. The molecule has 74 valence electrons. The number of phenols is 1. The zero-order valence-corrected chi connectivity index (χ0v) is 8.37. The molecule has 2 aromatic rings. The van der Waals surface area contributed by atoms with E-state index < -0.39 is 6.43 Å². The number of rotatable bonds is 1. The molecule has 0 saturated heterocycles. The van der Waals surface area contributed by atoms with Crippen LogP contribution in [0.15, 0.2) is 17.5 Å². The summed E-state index contributed by atoms with van der Waals surface area (Å²) < 4.78 is 25.2. The maximum absolute atomic E-state index is 12.4. The monoisotopic (exact) mass is 234 g/mol. The normalized spacial score (nSPS) is 11.4. The SMILES string of the molecule is Oc1c(C(F)F)ccc2c(Cl)csc12. The highest BCUT2D eigenvalue weighted by molar-refractivity contribution is 7.18. The summed E-state index contributed by atoms with van der Waals surface area (Å²) in [6.07, 6.45) is -2.67. The number of benzene rings is 1. The Morgan fingerprint density at radius 1 is 1.36 bits per heavy atom. The van der Waals surface area contributed by atoms with Crippen LogP contribution in [0, 0.1) is 0 Å². The van der Waals surface area contributed by atoms with E-state index in [1.54, 1.807) is 5.38 Å². The Labute approximate surface area is 87.5 Å². The van der Waals surface area contributed by atoms with Crippen molar-refractivity contribution < 1.29 is 13.9 Å². The van der Waals surface area contributed by atoms with E-state index in [0.717, 1.165) is 11.3 Å². The minimum atomic E-state index is -2.67. The van der Waals surface area contributed by atoms with Crippen LogP contribution in [0.1, 0.15) is 12.0 Å². The summed E-state index contributed by atoms with van der Waals surface area (Å²) in [7, 11) is 0. The Morgan fingerprint density at radius 2 is 2.07 bits per heavy atom. The molecule has 1 aromatic heterocycles. The van der Waals surface area contributed by atoms with Gasteiger partial charge in [-0.1, -0.05) is 17.7 Å². The zero-order chi connectivity index (χ0) is 10.3. The largest absolute Gasteiger partial charge is 0.506 e. The predicted octanol–water partition coefficient (Wildman–Crippen LogP) is 4.20. The minimum absolute atomic E-state index is 0.351. The summed E-state index contributed by atoms with van der Waals surface area (Å²) in [5, 5.41) is 12.2. The lowest BCUT2D eigenvalue weighted by molar-refractivity contribution is 0.148. The lowest BCUT2D eigenvalue weighted by atomic mass is 10.1. The number of phenolic OH excluding ortho intramolecular Hbond substituents is 1. The van der Waals surface area contributed by atoms with Gasteiger partial charge in [-0.15, -0.1) is 11.3 Å². The van der Waals surface area contributed by atoms with Crippen molar-refractivity contribution in [2.75, 3.05) is 0 Å². The number of aromatic hydroxyl groups is 1. The molecule has 1 heterocycles. The Balaban J connectivity index is 2.76. The number of hydrogen-bond acceptors (Lipinski definition) is 2. The summed E-state index contributed by atoms with van der Waals surface area (Å²) in [6, 6.07) is 2.69. The smallest absolute Gasteiger partial charge is 0.267 e. The van der Waals surface area contributed by atoms with E-state index in [1.807, 2.05) is 0 Å². The van der Waals surface area contributed by atoms with Gasteiger partial charge in [-0.05, 0) is 6.07 Å². The highest BCUT2D eigenvalue weighted by atomic mass is 35.5. The van der Waals surface area contributed by atoms with Crippen LogP contribution in [0.3, 0.4) is 0 Å². The average Bonchev–Trinajstić information content (AvgIpc) is 2.49. The fraction of sp³-hybridized carbons (Fsp3) is 0.111. The van der Waals surface area contributed by atoms with Crippen molar-refractivity contribution in [2.24, 2.45) is 0 Å². The maximum atomic E-state index is 12.4. The second-order valence-electron chi connectivity index (χ2n) is 2.76. The van der Waals surface area contributed by atoms with Crippen LogP contribution >= 0.6 is 22.9 Å². The van der Waals surface area contributed by atoms with Gasteiger partial charge in [-0.2, -0.15) is 0 Å². The van der Waals surface area contributed by atoms with Gasteiger partial charge in [0.15, 0.2) is 0 Å².